The highest BCUT2D eigenvalue weighted by Gasteiger charge is 2.18. The van der Waals surface area contributed by atoms with Crippen LogP contribution in [0.1, 0.15) is 51.9 Å². The molecule has 0 atom stereocenters. The fourth-order valence-corrected chi connectivity index (χ4v) is 2.38. The second-order valence-corrected chi connectivity index (χ2v) is 5.48. The van der Waals surface area contributed by atoms with Gasteiger partial charge in [-0.3, -0.25) is 14.4 Å². The SMILES string of the molecule is CC(=O)NCCCCCC(=O)NCCCN1CCCC1=O. The molecule has 1 fully saturated rings. The largest absolute Gasteiger partial charge is 0.356 e. The Morgan fingerprint density at radius 1 is 1.10 bits per heavy atom. The van der Waals surface area contributed by atoms with Crippen molar-refractivity contribution >= 4 is 17.7 Å². The first-order chi connectivity index (χ1) is 10.1. The molecule has 0 aromatic carbocycles. The van der Waals surface area contributed by atoms with E-state index >= 15 is 0 Å². The predicted molar refractivity (Wildman–Crippen MR) is 80.6 cm³/mol. The molecule has 0 bridgehead atoms. The van der Waals surface area contributed by atoms with Crippen molar-refractivity contribution in [2.24, 2.45) is 0 Å². The minimum Gasteiger partial charge on any atom is -0.356 e. The number of nitrogens with zero attached hydrogens (tertiary/aromatic N) is 1. The first-order valence-corrected chi connectivity index (χ1v) is 7.88. The van der Waals surface area contributed by atoms with Gasteiger partial charge in [-0.25, -0.2) is 0 Å². The van der Waals surface area contributed by atoms with Gasteiger partial charge in [-0.1, -0.05) is 6.42 Å². The van der Waals surface area contributed by atoms with Crippen LogP contribution in [0.4, 0.5) is 0 Å². The average Bonchev–Trinajstić information content (AvgIpc) is 2.84. The lowest BCUT2D eigenvalue weighted by Crippen LogP contribution is -2.30. The Labute approximate surface area is 126 Å². The third-order valence-electron chi connectivity index (χ3n) is 3.55. The van der Waals surface area contributed by atoms with Crippen LogP contribution in [0, 0.1) is 0 Å². The minimum atomic E-state index is -0.00997. The molecule has 6 nitrogen and oxygen atoms in total. The van der Waals surface area contributed by atoms with Crippen molar-refractivity contribution in [3.05, 3.63) is 0 Å². The van der Waals surface area contributed by atoms with Crippen LogP contribution in [0.2, 0.25) is 0 Å². The molecule has 0 spiro atoms. The summed E-state index contributed by atoms with van der Waals surface area (Å²) < 4.78 is 0. The van der Waals surface area contributed by atoms with Crippen LogP contribution in [-0.2, 0) is 14.4 Å². The number of unbranched alkanes of at least 4 members (excludes halogenated alkanes) is 2. The van der Waals surface area contributed by atoms with E-state index in [4.69, 9.17) is 0 Å². The standard InChI is InChI=1S/C15H27N3O3/c1-13(19)16-9-4-2-3-7-14(20)17-10-6-12-18-11-5-8-15(18)21/h2-12H2,1H3,(H,16,19)(H,17,20). The number of rotatable bonds is 10. The molecule has 120 valence electrons. The van der Waals surface area contributed by atoms with E-state index < -0.39 is 0 Å². The lowest BCUT2D eigenvalue weighted by Gasteiger charge is -2.15. The Balaban J connectivity index is 1.89. The molecule has 1 aliphatic rings. The summed E-state index contributed by atoms with van der Waals surface area (Å²) in [5.41, 5.74) is 0. The fourth-order valence-electron chi connectivity index (χ4n) is 2.38. The third-order valence-corrected chi connectivity index (χ3v) is 3.55. The van der Waals surface area contributed by atoms with E-state index in [0.717, 1.165) is 45.2 Å². The van der Waals surface area contributed by atoms with Crippen molar-refractivity contribution < 1.29 is 14.4 Å². The van der Waals surface area contributed by atoms with Gasteiger partial charge in [-0.2, -0.15) is 0 Å². The van der Waals surface area contributed by atoms with E-state index in [2.05, 4.69) is 10.6 Å². The van der Waals surface area contributed by atoms with Crippen molar-refractivity contribution in [3.8, 4) is 0 Å². The normalized spacial score (nSPS) is 14.3. The van der Waals surface area contributed by atoms with E-state index in [9.17, 15) is 14.4 Å². The molecular weight excluding hydrogens is 270 g/mol. The molecule has 6 heteroatoms. The molecule has 0 aromatic heterocycles. The molecule has 0 aliphatic carbocycles. The predicted octanol–water partition coefficient (Wildman–Crippen LogP) is 0.812. The molecule has 3 amide bonds. The van der Waals surface area contributed by atoms with Crippen molar-refractivity contribution in [3.63, 3.8) is 0 Å². The first kappa shape index (κ1) is 17.5. The van der Waals surface area contributed by atoms with Crippen LogP contribution in [-0.4, -0.2) is 48.8 Å². The van der Waals surface area contributed by atoms with Gasteiger partial charge in [-0.15, -0.1) is 0 Å². The summed E-state index contributed by atoms with van der Waals surface area (Å²) in [4.78, 5) is 35.5. The van der Waals surface area contributed by atoms with Crippen LogP contribution in [0.15, 0.2) is 0 Å². The van der Waals surface area contributed by atoms with Gasteiger partial charge >= 0.3 is 0 Å². The number of carbonyl (C=O) groups excluding carboxylic acids is 3. The fraction of sp³-hybridized carbons (Fsp3) is 0.800. The molecule has 1 aliphatic heterocycles. The number of carbonyl (C=O) groups is 3. The number of hydrogen-bond acceptors (Lipinski definition) is 3. The van der Waals surface area contributed by atoms with Crippen molar-refractivity contribution in [1.82, 2.24) is 15.5 Å². The molecule has 0 saturated carbocycles. The molecule has 0 unspecified atom stereocenters. The van der Waals surface area contributed by atoms with Gasteiger partial charge in [0, 0.05) is 45.9 Å². The summed E-state index contributed by atoms with van der Waals surface area (Å²) in [7, 11) is 0. The number of nitrogens with one attached hydrogen (secondary N) is 2. The maximum absolute atomic E-state index is 11.6. The van der Waals surface area contributed by atoms with Crippen LogP contribution < -0.4 is 10.6 Å². The first-order valence-electron chi connectivity index (χ1n) is 7.88. The van der Waals surface area contributed by atoms with E-state index in [-0.39, 0.29) is 17.7 Å². The summed E-state index contributed by atoms with van der Waals surface area (Å²) in [6, 6.07) is 0. The highest BCUT2D eigenvalue weighted by Crippen LogP contribution is 2.09. The summed E-state index contributed by atoms with van der Waals surface area (Å²) >= 11 is 0. The third kappa shape index (κ3) is 8.32. The van der Waals surface area contributed by atoms with Gasteiger partial charge in [0.2, 0.25) is 17.7 Å². The van der Waals surface area contributed by atoms with Gasteiger partial charge in [0.05, 0.1) is 0 Å². The van der Waals surface area contributed by atoms with Gasteiger partial charge in [0.15, 0.2) is 0 Å². The zero-order valence-electron chi connectivity index (χ0n) is 13.0. The molecule has 0 radical (unpaired) electrons. The quantitative estimate of drug-likeness (QED) is 0.586. The smallest absolute Gasteiger partial charge is 0.222 e. The van der Waals surface area contributed by atoms with Gasteiger partial charge in [0.1, 0.15) is 0 Å². The minimum absolute atomic E-state index is 0.00997. The lowest BCUT2D eigenvalue weighted by molar-refractivity contribution is -0.127. The molecule has 1 saturated heterocycles. The molecular formula is C15H27N3O3. The number of likely N-dealkylation sites (tertiary alicyclic amines) is 1. The summed E-state index contributed by atoms with van der Waals surface area (Å²) in [5.74, 6) is 0.298. The zero-order valence-corrected chi connectivity index (χ0v) is 13.0. The van der Waals surface area contributed by atoms with Crippen molar-refractivity contribution in [2.45, 2.75) is 51.9 Å². The topological polar surface area (TPSA) is 78.5 Å². The Morgan fingerprint density at radius 2 is 1.86 bits per heavy atom. The molecule has 1 heterocycles. The van der Waals surface area contributed by atoms with Crippen LogP contribution in [0.3, 0.4) is 0 Å². The second-order valence-electron chi connectivity index (χ2n) is 5.48. The van der Waals surface area contributed by atoms with Gasteiger partial charge in [0.25, 0.3) is 0 Å². The Morgan fingerprint density at radius 3 is 2.52 bits per heavy atom. The summed E-state index contributed by atoms with van der Waals surface area (Å²) in [5, 5.41) is 5.62. The Hall–Kier alpha value is -1.59. The molecule has 1 rings (SSSR count). The lowest BCUT2D eigenvalue weighted by atomic mass is 10.2. The monoisotopic (exact) mass is 297 g/mol. The van der Waals surface area contributed by atoms with Gasteiger partial charge in [-0.05, 0) is 25.7 Å². The zero-order chi connectivity index (χ0) is 15.5. The van der Waals surface area contributed by atoms with E-state index in [1.165, 1.54) is 6.92 Å². The van der Waals surface area contributed by atoms with Gasteiger partial charge < -0.3 is 15.5 Å². The van der Waals surface area contributed by atoms with E-state index in [0.29, 0.717) is 25.9 Å². The van der Waals surface area contributed by atoms with Crippen LogP contribution >= 0.6 is 0 Å². The highest BCUT2D eigenvalue weighted by atomic mass is 16.2. The Kier molecular flexibility index (Phi) is 8.47. The average molecular weight is 297 g/mol. The van der Waals surface area contributed by atoms with Crippen LogP contribution in [0.5, 0.6) is 0 Å². The van der Waals surface area contributed by atoms with Crippen molar-refractivity contribution in [2.75, 3.05) is 26.2 Å². The summed E-state index contributed by atoms with van der Waals surface area (Å²) in [6.07, 6.45) is 5.67. The maximum atomic E-state index is 11.6. The van der Waals surface area contributed by atoms with Crippen LogP contribution in [0.25, 0.3) is 0 Å². The highest BCUT2D eigenvalue weighted by molar-refractivity contribution is 5.78. The maximum Gasteiger partial charge on any atom is 0.222 e. The number of amides is 3. The molecule has 2 N–H and O–H groups in total. The second kappa shape index (κ2) is 10.2. The molecule has 21 heavy (non-hydrogen) atoms. The number of hydrogen-bond donors (Lipinski definition) is 2. The van der Waals surface area contributed by atoms with E-state index in [1.807, 2.05) is 4.90 Å². The van der Waals surface area contributed by atoms with Crippen molar-refractivity contribution in [1.29, 1.82) is 0 Å². The van der Waals surface area contributed by atoms with E-state index in [1.54, 1.807) is 0 Å². The summed E-state index contributed by atoms with van der Waals surface area (Å²) in [6.45, 7) is 4.43. The Bertz CT molecular complexity index is 358. The molecule has 0 aromatic rings.